The van der Waals surface area contributed by atoms with E-state index in [9.17, 15) is 13.2 Å². The Kier molecular flexibility index (Phi) is 6.20. The van der Waals surface area contributed by atoms with Gasteiger partial charge in [-0.25, -0.2) is 8.42 Å². The van der Waals surface area contributed by atoms with Crippen LogP contribution < -0.4 is 9.62 Å². The maximum Gasteiger partial charge on any atom is 0.232 e. The monoisotopic (exact) mass is 312 g/mol. The van der Waals surface area contributed by atoms with Crippen LogP contribution in [0.1, 0.15) is 38.7 Å². The van der Waals surface area contributed by atoms with Gasteiger partial charge in [0.05, 0.1) is 18.5 Å². The Labute approximate surface area is 127 Å². The van der Waals surface area contributed by atoms with E-state index >= 15 is 0 Å². The lowest BCUT2D eigenvalue weighted by molar-refractivity contribution is -0.120. The van der Waals surface area contributed by atoms with Crippen molar-refractivity contribution in [3.63, 3.8) is 0 Å². The maximum atomic E-state index is 11.9. The van der Waals surface area contributed by atoms with E-state index in [1.165, 1.54) is 10.6 Å². The molecule has 0 saturated heterocycles. The lowest BCUT2D eigenvalue weighted by Crippen LogP contribution is -2.38. The van der Waals surface area contributed by atoms with Gasteiger partial charge in [0.25, 0.3) is 0 Å². The lowest BCUT2D eigenvalue weighted by atomic mass is 10.0. The van der Waals surface area contributed by atoms with E-state index in [2.05, 4.69) is 19.2 Å². The van der Waals surface area contributed by atoms with Gasteiger partial charge in [-0.2, -0.15) is 0 Å². The van der Waals surface area contributed by atoms with Gasteiger partial charge in [0.15, 0.2) is 0 Å². The molecule has 0 aromatic heterocycles. The van der Waals surface area contributed by atoms with E-state index < -0.39 is 10.0 Å². The summed E-state index contributed by atoms with van der Waals surface area (Å²) in [6, 6.07) is 7.47. The van der Waals surface area contributed by atoms with Gasteiger partial charge in [0, 0.05) is 13.0 Å². The molecule has 0 bridgehead atoms. The number of hydrogen-bond donors (Lipinski definition) is 1. The number of amides is 1. The molecule has 0 saturated carbocycles. The summed E-state index contributed by atoms with van der Waals surface area (Å²) in [5.41, 5.74) is 1.78. The van der Waals surface area contributed by atoms with Gasteiger partial charge in [-0.1, -0.05) is 32.9 Å². The quantitative estimate of drug-likeness (QED) is 0.838. The molecular weight excluding hydrogens is 288 g/mol. The van der Waals surface area contributed by atoms with E-state index in [4.69, 9.17) is 0 Å². The molecule has 0 unspecified atom stereocenters. The summed E-state index contributed by atoms with van der Waals surface area (Å²) in [4.78, 5) is 11.2. The van der Waals surface area contributed by atoms with Gasteiger partial charge in [0.1, 0.15) is 0 Å². The van der Waals surface area contributed by atoms with Crippen LogP contribution in [0.25, 0.3) is 0 Å². The largest absolute Gasteiger partial charge is 0.354 e. The van der Waals surface area contributed by atoms with Crippen LogP contribution in [0.2, 0.25) is 0 Å². The van der Waals surface area contributed by atoms with E-state index in [-0.39, 0.29) is 12.5 Å². The Morgan fingerprint density at radius 2 is 1.81 bits per heavy atom. The summed E-state index contributed by atoms with van der Waals surface area (Å²) in [7, 11) is -3.37. The third-order valence-corrected chi connectivity index (χ3v) is 4.40. The Morgan fingerprint density at radius 3 is 2.24 bits per heavy atom. The highest BCUT2D eigenvalue weighted by Crippen LogP contribution is 2.21. The first-order valence-corrected chi connectivity index (χ1v) is 8.95. The number of benzene rings is 1. The average molecular weight is 312 g/mol. The minimum atomic E-state index is -3.37. The van der Waals surface area contributed by atoms with Gasteiger partial charge in [-0.15, -0.1) is 0 Å². The molecule has 21 heavy (non-hydrogen) atoms. The summed E-state index contributed by atoms with van der Waals surface area (Å²) < 4.78 is 25.1. The average Bonchev–Trinajstić information content (AvgIpc) is 2.42. The van der Waals surface area contributed by atoms with Crippen LogP contribution in [0, 0.1) is 0 Å². The number of rotatable bonds is 7. The van der Waals surface area contributed by atoms with Crippen LogP contribution >= 0.6 is 0 Å². The van der Waals surface area contributed by atoms with Crippen LogP contribution in [0.5, 0.6) is 0 Å². The zero-order valence-corrected chi connectivity index (χ0v) is 13.9. The van der Waals surface area contributed by atoms with Crippen molar-refractivity contribution in [2.45, 2.75) is 33.1 Å². The number of sulfonamides is 1. The number of anilines is 1. The molecule has 0 radical (unpaired) electrons. The Bertz CT molecular complexity index is 565. The molecule has 6 heteroatoms. The predicted molar refractivity (Wildman–Crippen MR) is 86.0 cm³/mol. The SMILES string of the molecule is CCC(=O)NCCN(c1ccc(C(C)C)cc1)S(C)(=O)=O. The molecule has 0 fully saturated rings. The van der Waals surface area contributed by atoms with E-state index in [1.54, 1.807) is 19.1 Å². The van der Waals surface area contributed by atoms with Crippen molar-refractivity contribution >= 4 is 21.6 Å². The van der Waals surface area contributed by atoms with Crippen molar-refractivity contribution in [2.24, 2.45) is 0 Å². The van der Waals surface area contributed by atoms with Gasteiger partial charge < -0.3 is 5.32 Å². The molecule has 0 aliphatic carbocycles. The fourth-order valence-corrected chi connectivity index (χ4v) is 2.86. The molecule has 1 amide bonds. The molecule has 5 nitrogen and oxygen atoms in total. The van der Waals surface area contributed by atoms with Crippen molar-refractivity contribution in [1.29, 1.82) is 0 Å². The molecule has 0 aliphatic rings. The number of carbonyl (C=O) groups is 1. The molecule has 1 N–H and O–H groups in total. The first kappa shape index (κ1) is 17.5. The zero-order valence-electron chi connectivity index (χ0n) is 13.1. The topological polar surface area (TPSA) is 66.5 Å². The Morgan fingerprint density at radius 1 is 1.24 bits per heavy atom. The van der Waals surface area contributed by atoms with Gasteiger partial charge in [0.2, 0.25) is 15.9 Å². The fourth-order valence-electron chi connectivity index (χ4n) is 1.93. The highest BCUT2D eigenvalue weighted by molar-refractivity contribution is 7.92. The smallest absolute Gasteiger partial charge is 0.232 e. The first-order valence-electron chi connectivity index (χ1n) is 7.10. The number of carbonyl (C=O) groups excluding carboxylic acids is 1. The number of nitrogens with zero attached hydrogens (tertiary/aromatic N) is 1. The lowest BCUT2D eigenvalue weighted by Gasteiger charge is -2.23. The van der Waals surface area contributed by atoms with Crippen LogP contribution in [-0.2, 0) is 14.8 Å². The van der Waals surface area contributed by atoms with Gasteiger partial charge in [-0.3, -0.25) is 9.10 Å². The molecule has 118 valence electrons. The van der Waals surface area contributed by atoms with E-state index in [1.807, 2.05) is 12.1 Å². The molecule has 0 heterocycles. The minimum Gasteiger partial charge on any atom is -0.354 e. The standard InChI is InChI=1S/C15H24N2O3S/c1-5-15(18)16-10-11-17(21(4,19)20)14-8-6-13(7-9-14)12(2)3/h6-9,12H,5,10-11H2,1-4H3,(H,16,18). The maximum absolute atomic E-state index is 11.9. The zero-order chi connectivity index (χ0) is 16.0. The molecule has 0 aliphatic heterocycles. The summed E-state index contributed by atoms with van der Waals surface area (Å²) in [6.07, 6.45) is 1.56. The number of hydrogen-bond acceptors (Lipinski definition) is 3. The van der Waals surface area contributed by atoms with Crippen molar-refractivity contribution in [1.82, 2.24) is 5.32 Å². The first-order chi connectivity index (χ1) is 9.75. The molecule has 1 rings (SSSR count). The van der Waals surface area contributed by atoms with Gasteiger partial charge in [-0.05, 0) is 23.6 Å². The Balaban J connectivity index is 2.85. The van der Waals surface area contributed by atoms with Crippen molar-refractivity contribution in [2.75, 3.05) is 23.7 Å². The van der Waals surface area contributed by atoms with Crippen molar-refractivity contribution in [3.05, 3.63) is 29.8 Å². The second-order valence-electron chi connectivity index (χ2n) is 5.28. The van der Waals surface area contributed by atoms with Gasteiger partial charge >= 0.3 is 0 Å². The molecule has 0 atom stereocenters. The second kappa shape index (κ2) is 7.45. The number of nitrogens with one attached hydrogen (secondary N) is 1. The molecule has 0 spiro atoms. The third kappa shape index (κ3) is 5.38. The van der Waals surface area contributed by atoms with E-state index in [0.29, 0.717) is 24.6 Å². The van der Waals surface area contributed by atoms with Crippen LogP contribution in [0.15, 0.2) is 24.3 Å². The van der Waals surface area contributed by atoms with Crippen LogP contribution in [0.3, 0.4) is 0 Å². The minimum absolute atomic E-state index is 0.0846. The second-order valence-corrected chi connectivity index (χ2v) is 7.19. The highest BCUT2D eigenvalue weighted by atomic mass is 32.2. The fraction of sp³-hybridized carbons (Fsp3) is 0.533. The molecule has 1 aromatic carbocycles. The van der Waals surface area contributed by atoms with E-state index in [0.717, 1.165) is 5.56 Å². The normalized spacial score (nSPS) is 11.5. The molecule has 1 aromatic rings. The highest BCUT2D eigenvalue weighted by Gasteiger charge is 2.17. The third-order valence-electron chi connectivity index (χ3n) is 3.21. The van der Waals surface area contributed by atoms with Crippen LogP contribution in [-0.4, -0.2) is 33.7 Å². The predicted octanol–water partition coefficient (Wildman–Crippen LogP) is 2.10. The summed E-state index contributed by atoms with van der Waals surface area (Å²) in [6.45, 7) is 6.46. The van der Waals surface area contributed by atoms with Crippen LogP contribution in [0.4, 0.5) is 5.69 Å². The summed E-state index contributed by atoms with van der Waals surface area (Å²) in [5, 5.41) is 2.69. The summed E-state index contributed by atoms with van der Waals surface area (Å²) in [5.74, 6) is 0.313. The molecular formula is C15H24N2O3S. The van der Waals surface area contributed by atoms with Crippen molar-refractivity contribution < 1.29 is 13.2 Å². The summed E-state index contributed by atoms with van der Waals surface area (Å²) >= 11 is 0. The van der Waals surface area contributed by atoms with Crippen molar-refractivity contribution in [3.8, 4) is 0 Å². The Hall–Kier alpha value is -1.56.